The van der Waals surface area contributed by atoms with Crippen molar-refractivity contribution >= 4 is 6.09 Å². The van der Waals surface area contributed by atoms with E-state index >= 15 is 0 Å². The minimum atomic E-state index is -0.819. The van der Waals surface area contributed by atoms with E-state index in [4.69, 9.17) is 5.11 Å². The van der Waals surface area contributed by atoms with Gasteiger partial charge in [0.25, 0.3) is 0 Å². The number of carboxylic acid groups (broad SMARTS) is 1. The van der Waals surface area contributed by atoms with Crippen LogP contribution in [0.5, 0.6) is 0 Å². The van der Waals surface area contributed by atoms with Crippen molar-refractivity contribution in [2.75, 3.05) is 6.54 Å². The molecule has 0 saturated carbocycles. The van der Waals surface area contributed by atoms with E-state index in [9.17, 15) is 4.79 Å². The highest BCUT2D eigenvalue weighted by Gasteiger charge is 2.32. The summed E-state index contributed by atoms with van der Waals surface area (Å²) in [7, 11) is 0. The maximum Gasteiger partial charge on any atom is 0.407 e. The van der Waals surface area contributed by atoms with Crippen LogP contribution in [0.25, 0.3) is 0 Å². The fourth-order valence-corrected chi connectivity index (χ4v) is 1.64. The van der Waals surface area contributed by atoms with Crippen LogP contribution >= 0.6 is 0 Å². The first-order valence-electron chi connectivity index (χ1n) is 4.33. The zero-order chi connectivity index (χ0) is 9.26. The highest BCUT2D eigenvalue weighted by Crippen LogP contribution is 2.32. The summed E-state index contributed by atoms with van der Waals surface area (Å²) in [4.78, 5) is 12.2. The molecule has 1 aliphatic heterocycles. The van der Waals surface area contributed by atoms with Gasteiger partial charge in [0.2, 0.25) is 0 Å². The molecule has 1 atom stereocenters. The molecule has 1 unspecified atom stereocenters. The van der Waals surface area contributed by atoms with Crippen LogP contribution < -0.4 is 0 Å². The third-order valence-electron chi connectivity index (χ3n) is 2.45. The van der Waals surface area contributed by atoms with Gasteiger partial charge in [-0.15, -0.1) is 0 Å². The molecule has 1 amide bonds. The highest BCUT2D eigenvalue weighted by atomic mass is 16.4. The van der Waals surface area contributed by atoms with Crippen LogP contribution in [0.2, 0.25) is 0 Å². The topological polar surface area (TPSA) is 40.5 Å². The van der Waals surface area contributed by atoms with Crippen molar-refractivity contribution in [1.29, 1.82) is 0 Å². The van der Waals surface area contributed by atoms with Gasteiger partial charge in [-0.25, -0.2) is 4.79 Å². The Bertz CT molecular complexity index is 310. The van der Waals surface area contributed by atoms with Gasteiger partial charge in [-0.05, 0) is 12.0 Å². The van der Waals surface area contributed by atoms with Gasteiger partial charge in [0.15, 0.2) is 0 Å². The van der Waals surface area contributed by atoms with Crippen molar-refractivity contribution in [3.05, 3.63) is 35.9 Å². The lowest BCUT2D eigenvalue weighted by molar-refractivity contribution is 0.0753. The normalized spacial score (nSPS) is 20.9. The van der Waals surface area contributed by atoms with Crippen LogP contribution in [-0.2, 0) is 0 Å². The fourth-order valence-electron chi connectivity index (χ4n) is 1.64. The van der Waals surface area contributed by atoms with E-state index < -0.39 is 6.09 Å². The Morgan fingerprint density at radius 3 is 2.54 bits per heavy atom. The first kappa shape index (κ1) is 8.10. The third kappa shape index (κ3) is 1.37. The van der Waals surface area contributed by atoms with Crippen LogP contribution in [0.15, 0.2) is 30.3 Å². The number of benzene rings is 1. The lowest BCUT2D eigenvalue weighted by atomic mass is 9.95. The van der Waals surface area contributed by atoms with Crippen LogP contribution in [0.1, 0.15) is 18.0 Å². The average molecular weight is 177 g/mol. The zero-order valence-electron chi connectivity index (χ0n) is 7.18. The predicted octanol–water partition coefficient (Wildman–Crippen LogP) is 2.11. The number of likely N-dealkylation sites (tertiary alicyclic amines) is 1. The Kier molecular flexibility index (Phi) is 1.93. The van der Waals surface area contributed by atoms with Gasteiger partial charge >= 0.3 is 6.09 Å². The standard InChI is InChI=1S/C10H11NO2/c12-10(13)11-7-6-9(11)8-4-2-1-3-5-8/h1-5,9H,6-7H2,(H,12,13). The van der Waals surface area contributed by atoms with Crippen molar-refractivity contribution in [3.63, 3.8) is 0 Å². The van der Waals surface area contributed by atoms with Gasteiger partial charge in [-0.1, -0.05) is 30.3 Å². The van der Waals surface area contributed by atoms with E-state index in [-0.39, 0.29) is 6.04 Å². The second kappa shape index (κ2) is 3.09. The summed E-state index contributed by atoms with van der Waals surface area (Å²) in [5, 5.41) is 8.79. The van der Waals surface area contributed by atoms with Crippen molar-refractivity contribution in [2.24, 2.45) is 0 Å². The summed E-state index contributed by atoms with van der Waals surface area (Å²) < 4.78 is 0. The number of hydrogen-bond donors (Lipinski definition) is 1. The molecule has 1 saturated heterocycles. The molecule has 3 nitrogen and oxygen atoms in total. The smallest absolute Gasteiger partial charge is 0.407 e. The lowest BCUT2D eigenvalue weighted by Crippen LogP contribution is -2.44. The monoisotopic (exact) mass is 177 g/mol. The van der Waals surface area contributed by atoms with Crippen molar-refractivity contribution < 1.29 is 9.90 Å². The van der Waals surface area contributed by atoms with E-state index in [2.05, 4.69) is 0 Å². The molecule has 0 spiro atoms. The Balaban J connectivity index is 2.15. The lowest BCUT2D eigenvalue weighted by Gasteiger charge is -2.38. The number of hydrogen-bond acceptors (Lipinski definition) is 1. The summed E-state index contributed by atoms with van der Waals surface area (Å²) >= 11 is 0. The number of nitrogens with zero attached hydrogens (tertiary/aromatic N) is 1. The molecule has 1 N–H and O–H groups in total. The Hall–Kier alpha value is -1.51. The number of carbonyl (C=O) groups is 1. The van der Waals surface area contributed by atoms with Crippen LogP contribution in [0, 0.1) is 0 Å². The first-order valence-corrected chi connectivity index (χ1v) is 4.33. The molecular formula is C10H11NO2. The molecule has 1 aliphatic rings. The average Bonchev–Trinajstić information content (AvgIpc) is 2.02. The van der Waals surface area contributed by atoms with Gasteiger partial charge in [0.1, 0.15) is 0 Å². The van der Waals surface area contributed by atoms with Gasteiger partial charge in [0.05, 0.1) is 6.04 Å². The van der Waals surface area contributed by atoms with E-state index in [0.29, 0.717) is 6.54 Å². The second-order valence-electron chi connectivity index (χ2n) is 3.19. The molecule has 0 aliphatic carbocycles. The maximum atomic E-state index is 10.7. The Morgan fingerprint density at radius 2 is 2.08 bits per heavy atom. The summed E-state index contributed by atoms with van der Waals surface area (Å²) in [6.45, 7) is 0.662. The molecule has 2 rings (SSSR count). The molecule has 1 fully saturated rings. The number of rotatable bonds is 1. The van der Waals surface area contributed by atoms with E-state index in [1.54, 1.807) is 0 Å². The Morgan fingerprint density at radius 1 is 1.38 bits per heavy atom. The Labute approximate surface area is 76.6 Å². The molecule has 1 aromatic rings. The molecule has 0 aromatic heterocycles. The molecule has 0 bridgehead atoms. The van der Waals surface area contributed by atoms with E-state index in [1.165, 1.54) is 4.90 Å². The van der Waals surface area contributed by atoms with Gasteiger partial charge in [-0.3, -0.25) is 0 Å². The van der Waals surface area contributed by atoms with Crippen molar-refractivity contribution in [3.8, 4) is 0 Å². The molecular weight excluding hydrogens is 166 g/mol. The third-order valence-corrected chi connectivity index (χ3v) is 2.45. The molecule has 1 heterocycles. The minimum absolute atomic E-state index is 0.0821. The molecule has 1 aromatic carbocycles. The molecule has 3 heteroatoms. The minimum Gasteiger partial charge on any atom is -0.465 e. The van der Waals surface area contributed by atoms with Crippen molar-refractivity contribution in [1.82, 2.24) is 4.90 Å². The van der Waals surface area contributed by atoms with Crippen LogP contribution in [0.3, 0.4) is 0 Å². The summed E-state index contributed by atoms with van der Waals surface area (Å²) in [6, 6.07) is 9.84. The van der Waals surface area contributed by atoms with Gasteiger partial charge < -0.3 is 10.0 Å². The predicted molar refractivity (Wildman–Crippen MR) is 48.5 cm³/mol. The van der Waals surface area contributed by atoms with Crippen molar-refractivity contribution in [2.45, 2.75) is 12.5 Å². The summed E-state index contributed by atoms with van der Waals surface area (Å²) in [5.74, 6) is 0. The van der Waals surface area contributed by atoms with Gasteiger partial charge in [0, 0.05) is 6.54 Å². The molecule has 68 valence electrons. The zero-order valence-corrected chi connectivity index (χ0v) is 7.18. The van der Waals surface area contributed by atoms with Gasteiger partial charge in [-0.2, -0.15) is 0 Å². The first-order chi connectivity index (χ1) is 6.29. The summed E-state index contributed by atoms with van der Waals surface area (Å²) in [6.07, 6.45) is 0.121. The molecule has 0 radical (unpaired) electrons. The largest absolute Gasteiger partial charge is 0.465 e. The number of amides is 1. The van der Waals surface area contributed by atoms with E-state index in [0.717, 1.165) is 12.0 Å². The second-order valence-corrected chi connectivity index (χ2v) is 3.19. The van der Waals surface area contributed by atoms with E-state index in [1.807, 2.05) is 30.3 Å². The molecule has 13 heavy (non-hydrogen) atoms. The van der Waals surface area contributed by atoms with Crippen LogP contribution in [0.4, 0.5) is 4.79 Å². The SMILES string of the molecule is O=C(O)N1CCC1c1ccccc1. The summed E-state index contributed by atoms with van der Waals surface area (Å²) in [5.41, 5.74) is 1.09. The fraction of sp³-hybridized carbons (Fsp3) is 0.300. The maximum absolute atomic E-state index is 10.7. The highest BCUT2D eigenvalue weighted by molar-refractivity contribution is 5.67. The van der Waals surface area contributed by atoms with Crippen LogP contribution in [-0.4, -0.2) is 22.6 Å². The quantitative estimate of drug-likeness (QED) is 0.713.